The lowest BCUT2D eigenvalue weighted by Gasteiger charge is -2.07. The first-order valence-corrected chi connectivity index (χ1v) is 5.00. The molecule has 1 aromatic rings. The Morgan fingerprint density at radius 3 is 2.71 bits per heavy atom. The van der Waals surface area contributed by atoms with Gasteiger partial charge in [0.25, 0.3) is 0 Å². The number of aromatic hydroxyl groups is 1. The minimum absolute atomic E-state index is 0.109. The van der Waals surface area contributed by atoms with E-state index in [1.807, 2.05) is 6.92 Å². The van der Waals surface area contributed by atoms with E-state index in [9.17, 15) is 9.90 Å². The second-order valence-corrected chi connectivity index (χ2v) is 3.87. The van der Waals surface area contributed by atoms with Crippen molar-refractivity contribution in [2.45, 2.75) is 19.8 Å². The number of benzene rings is 1. The van der Waals surface area contributed by atoms with Crippen molar-refractivity contribution >= 4 is 21.9 Å². The Morgan fingerprint density at radius 2 is 2.14 bits per heavy atom. The van der Waals surface area contributed by atoms with E-state index in [0.29, 0.717) is 10.9 Å². The molecule has 4 heteroatoms. The summed E-state index contributed by atoms with van der Waals surface area (Å²) >= 11 is 3.24. The van der Waals surface area contributed by atoms with E-state index in [1.165, 1.54) is 0 Å². The topological polar surface area (TPSA) is 57.5 Å². The van der Waals surface area contributed by atoms with Crippen LogP contribution in [0.25, 0.3) is 0 Å². The summed E-state index contributed by atoms with van der Waals surface area (Å²) in [6, 6.07) is 3.31. The number of hydrogen-bond acceptors (Lipinski definition) is 2. The van der Waals surface area contributed by atoms with Gasteiger partial charge in [0.05, 0.1) is 4.47 Å². The molecule has 1 aromatic carbocycles. The Morgan fingerprint density at radius 1 is 1.50 bits per heavy atom. The summed E-state index contributed by atoms with van der Waals surface area (Å²) in [5, 5.41) is 17.9. The fraction of sp³-hybridized carbons (Fsp3) is 0.300. The molecule has 0 bridgehead atoms. The summed E-state index contributed by atoms with van der Waals surface area (Å²) in [5.41, 5.74) is 1.84. The van der Waals surface area contributed by atoms with Crippen LogP contribution in [-0.2, 0) is 11.2 Å². The molecule has 2 N–H and O–H groups in total. The van der Waals surface area contributed by atoms with E-state index in [1.54, 1.807) is 12.1 Å². The average Bonchev–Trinajstić information content (AvgIpc) is 2.13. The predicted molar refractivity (Wildman–Crippen MR) is 56.5 cm³/mol. The van der Waals surface area contributed by atoms with E-state index in [2.05, 4.69) is 15.9 Å². The van der Waals surface area contributed by atoms with Crippen molar-refractivity contribution in [1.82, 2.24) is 0 Å². The molecule has 0 aliphatic carbocycles. The molecule has 0 fully saturated rings. The minimum atomic E-state index is -0.811. The van der Waals surface area contributed by atoms with Gasteiger partial charge in [0.2, 0.25) is 0 Å². The first kappa shape index (κ1) is 11.0. The zero-order valence-electron chi connectivity index (χ0n) is 7.75. The fourth-order valence-corrected chi connectivity index (χ4v) is 1.61. The molecule has 0 amide bonds. The zero-order chi connectivity index (χ0) is 10.7. The quantitative estimate of drug-likeness (QED) is 0.876. The van der Waals surface area contributed by atoms with E-state index < -0.39 is 5.97 Å². The maximum Gasteiger partial charge on any atom is 0.303 e. The van der Waals surface area contributed by atoms with Crippen LogP contribution in [0, 0.1) is 6.92 Å². The lowest BCUT2D eigenvalue weighted by Crippen LogP contribution is -1.99. The van der Waals surface area contributed by atoms with Gasteiger partial charge in [-0.3, -0.25) is 4.79 Å². The third kappa shape index (κ3) is 2.48. The molecule has 76 valence electrons. The Hall–Kier alpha value is -1.03. The van der Waals surface area contributed by atoms with Crippen LogP contribution < -0.4 is 0 Å². The Kier molecular flexibility index (Phi) is 3.52. The Bertz CT molecular complexity index is 361. The molecular formula is C10H11BrO3. The predicted octanol–water partition coefficient (Wildman–Crippen LogP) is 2.48. The van der Waals surface area contributed by atoms with Crippen molar-refractivity contribution in [3.63, 3.8) is 0 Å². The molecule has 0 heterocycles. The van der Waals surface area contributed by atoms with Gasteiger partial charge in [0.15, 0.2) is 0 Å². The zero-order valence-corrected chi connectivity index (χ0v) is 9.34. The number of carboxylic acids is 1. The summed E-state index contributed by atoms with van der Waals surface area (Å²) in [6.45, 7) is 1.85. The minimum Gasteiger partial charge on any atom is -0.507 e. The number of carbonyl (C=O) groups is 1. The molecule has 0 aliphatic rings. The number of aryl methyl sites for hydroxylation is 1. The summed E-state index contributed by atoms with van der Waals surface area (Å²) in [6.07, 6.45) is 0.595. The maximum absolute atomic E-state index is 10.4. The summed E-state index contributed by atoms with van der Waals surface area (Å²) < 4.78 is 0.639. The van der Waals surface area contributed by atoms with Crippen LogP contribution in [0.1, 0.15) is 17.5 Å². The molecule has 0 saturated carbocycles. The van der Waals surface area contributed by atoms with E-state index in [0.717, 1.165) is 11.1 Å². The van der Waals surface area contributed by atoms with Gasteiger partial charge in [-0.25, -0.2) is 0 Å². The number of rotatable bonds is 3. The lowest BCUT2D eigenvalue weighted by molar-refractivity contribution is -0.136. The molecular weight excluding hydrogens is 248 g/mol. The Labute approximate surface area is 90.5 Å². The monoisotopic (exact) mass is 258 g/mol. The first-order chi connectivity index (χ1) is 6.52. The molecule has 0 unspecified atom stereocenters. The van der Waals surface area contributed by atoms with Crippen molar-refractivity contribution in [3.8, 4) is 5.75 Å². The van der Waals surface area contributed by atoms with Crippen LogP contribution in [0.2, 0.25) is 0 Å². The molecule has 14 heavy (non-hydrogen) atoms. The summed E-state index contributed by atoms with van der Waals surface area (Å²) in [5.74, 6) is -0.629. The second-order valence-electron chi connectivity index (χ2n) is 3.08. The molecule has 1 rings (SSSR count). The van der Waals surface area contributed by atoms with Crippen LogP contribution >= 0.6 is 15.9 Å². The number of phenolic OH excluding ortho intramolecular Hbond substituents is 1. The van der Waals surface area contributed by atoms with Crippen molar-refractivity contribution in [2.75, 3.05) is 0 Å². The highest BCUT2D eigenvalue weighted by atomic mass is 79.9. The molecule has 0 radical (unpaired) electrons. The van der Waals surface area contributed by atoms with Crippen LogP contribution in [0.3, 0.4) is 0 Å². The van der Waals surface area contributed by atoms with Gasteiger partial charge in [-0.2, -0.15) is 0 Å². The molecule has 0 spiro atoms. The average molecular weight is 259 g/mol. The lowest BCUT2D eigenvalue weighted by atomic mass is 10.0. The summed E-state index contributed by atoms with van der Waals surface area (Å²) in [7, 11) is 0. The standard InChI is InChI=1S/C10H11BrO3/c1-6-7(3-5-9(13)14)2-4-8(12)10(6)11/h2,4,12H,3,5H2,1H3,(H,13,14). The highest BCUT2D eigenvalue weighted by Crippen LogP contribution is 2.29. The number of phenols is 1. The van der Waals surface area contributed by atoms with Crippen molar-refractivity contribution in [3.05, 3.63) is 27.7 Å². The third-order valence-electron chi connectivity index (χ3n) is 2.09. The number of carboxylic acid groups (broad SMARTS) is 1. The van der Waals surface area contributed by atoms with Gasteiger partial charge in [0.1, 0.15) is 5.75 Å². The van der Waals surface area contributed by atoms with Crippen LogP contribution in [0.5, 0.6) is 5.75 Å². The third-order valence-corrected chi connectivity index (χ3v) is 3.09. The molecule has 0 aromatic heterocycles. The maximum atomic E-state index is 10.4. The largest absolute Gasteiger partial charge is 0.507 e. The Balaban J connectivity index is 2.88. The highest BCUT2D eigenvalue weighted by molar-refractivity contribution is 9.10. The summed E-state index contributed by atoms with van der Waals surface area (Å²) in [4.78, 5) is 10.4. The van der Waals surface area contributed by atoms with Crippen LogP contribution in [-0.4, -0.2) is 16.2 Å². The van der Waals surface area contributed by atoms with Gasteiger partial charge in [-0.05, 0) is 46.5 Å². The number of hydrogen-bond donors (Lipinski definition) is 2. The molecule has 0 saturated heterocycles. The number of aliphatic carboxylic acids is 1. The van der Waals surface area contributed by atoms with E-state index >= 15 is 0 Å². The van der Waals surface area contributed by atoms with E-state index in [4.69, 9.17) is 5.11 Å². The molecule has 0 aliphatic heterocycles. The highest BCUT2D eigenvalue weighted by Gasteiger charge is 2.07. The van der Waals surface area contributed by atoms with Gasteiger partial charge in [-0.1, -0.05) is 6.07 Å². The van der Waals surface area contributed by atoms with Gasteiger partial charge in [-0.15, -0.1) is 0 Å². The normalized spacial score (nSPS) is 10.1. The molecule has 3 nitrogen and oxygen atoms in total. The van der Waals surface area contributed by atoms with Crippen molar-refractivity contribution in [1.29, 1.82) is 0 Å². The van der Waals surface area contributed by atoms with E-state index in [-0.39, 0.29) is 12.2 Å². The van der Waals surface area contributed by atoms with Gasteiger partial charge < -0.3 is 10.2 Å². The first-order valence-electron chi connectivity index (χ1n) is 4.21. The van der Waals surface area contributed by atoms with Crippen LogP contribution in [0.4, 0.5) is 0 Å². The molecule has 0 atom stereocenters. The van der Waals surface area contributed by atoms with Crippen molar-refractivity contribution in [2.24, 2.45) is 0 Å². The van der Waals surface area contributed by atoms with Gasteiger partial charge in [0, 0.05) is 6.42 Å². The smallest absolute Gasteiger partial charge is 0.303 e. The number of halogens is 1. The second kappa shape index (κ2) is 4.46. The SMILES string of the molecule is Cc1c(CCC(=O)O)ccc(O)c1Br. The van der Waals surface area contributed by atoms with Crippen LogP contribution in [0.15, 0.2) is 16.6 Å². The van der Waals surface area contributed by atoms with Crippen molar-refractivity contribution < 1.29 is 15.0 Å². The fourth-order valence-electron chi connectivity index (χ4n) is 1.22. The van der Waals surface area contributed by atoms with Gasteiger partial charge >= 0.3 is 5.97 Å².